The highest BCUT2D eigenvalue weighted by Crippen LogP contribution is 2.44. The fraction of sp³-hybridized carbons (Fsp3) is 0.352. The summed E-state index contributed by atoms with van der Waals surface area (Å²) in [6, 6.07) is 24.5. The molecule has 0 N–H and O–H groups in total. The molecule has 8 aromatic rings. The van der Waals surface area contributed by atoms with E-state index in [-0.39, 0.29) is 52.9 Å². The SMILES string of the molecule is C=CC(=O)N1CC[C@@H]2[C@H]1CN2c1ncnc2c(F)c(-c3cccc4cccc(CC)c34)ncc12.C=CC(=O)OC(=O)C=C.CC(C)[Si](C#Cc1cccc2cccc(-c3ncc4c(N5C[C@@H]6[C@H]5CCN6C(=O)OC(C)(C)C)ncnc4c3F)c12)(C(C)C)C(C)C. The number of halogens is 2. The molecule has 0 saturated carbocycles. The van der Waals surface area contributed by atoms with E-state index in [0.717, 1.165) is 69.6 Å². The van der Waals surface area contributed by atoms with Gasteiger partial charge >= 0.3 is 18.0 Å². The highest BCUT2D eigenvalue weighted by Gasteiger charge is 2.51. The van der Waals surface area contributed by atoms with Gasteiger partial charge in [-0.05, 0) is 90.5 Å². The molecule has 4 aliphatic rings. The van der Waals surface area contributed by atoms with Crippen molar-refractivity contribution in [2.75, 3.05) is 36.0 Å². The molecule has 464 valence electrons. The van der Waals surface area contributed by atoms with E-state index in [4.69, 9.17) is 9.72 Å². The number of aromatic nitrogens is 6. The predicted molar refractivity (Wildman–Crippen MR) is 353 cm³/mol. The molecule has 0 aliphatic carbocycles. The van der Waals surface area contributed by atoms with Gasteiger partial charge in [0.05, 0.1) is 34.9 Å². The lowest BCUT2D eigenvalue weighted by Gasteiger charge is -2.47. The number of amides is 2. The van der Waals surface area contributed by atoms with E-state index in [9.17, 15) is 19.2 Å². The first-order chi connectivity index (χ1) is 43.1. The molecule has 90 heavy (non-hydrogen) atoms. The van der Waals surface area contributed by atoms with Crippen molar-refractivity contribution in [2.45, 2.75) is 135 Å². The van der Waals surface area contributed by atoms with Gasteiger partial charge in [0.15, 0.2) is 11.6 Å². The van der Waals surface area contributed by atoms with Crippen molar-refractivity contribution in [3.63, 3.8) is 0 Å². The van der Waals surface area contributed by atoms with Crippen LogP contribution in [0.15, 0.2) is 136 Å². The smallest absolute Gasteiger partial charge is 0.410 e. The number of hydrogen-bond donors (Lipinski definition) is 0. The van der Waals surface area contributed by atoms with Crippen molar-refractivity contribution in [3.05, 3.63) is 159 Å². The fourth-order valence-electron chi connectivity index (χ4n) is 13.8. The van der Waals surface area contributed by atoms with Gasteiger partial charge in [-0.15, -0.1) is 5.54 Å². The van der Waals surface area contributed by atoms with Gasteiger partial charge in [-0.1, -0.05) is 141 Å². The minimum absolute atomic E-state index is 0.0334. The number of carbonyl (C=O) groups is 4. The van der Waals surface area contributed by atoms with Gasteiger partial charge in [-0.25, -0.2) is 43.1 Å². The summed E-state index contributed by atoms with van der Waals surface area (Å²) in [6.07, 6.45) is 11.6. The molecule has 4 atom stereocenters. The highest BCUT2D eigenvalue weighted by molar-refractivity contribution is 6.90. The van der Waals surface area contributed by atoms with Gasteiger partial charge in [-0.2, -0.15) is 0 Å². The predicted octanol–water partition coefficient (Wildman–Crippen LogP) is 13.7. The van der Waals surface area contributed by atoms with Crippen LogP contribution in [-0.4, -0.2) is 128 Å². The molecule has 12 rings (SSSR count). The number of anilines is 2. The number of benzene rings is 4. The summed E-state index contributed by atoms with van der Waals surface area (Å²) >= 11 is 0. The number of ether oxygens (including phenoxy) is 2. The maximum absolute atomic E-state index is 16.6. The van der Waals surface area contributed by atoms with Gasteiger partial charge < -0.3 is 29.1 Å². The van der Waals surface area contributed by atoms with Gasteiger partial charge in [0, 0.05) is 72.8 Å². The lowest BCUT2D eigenvalue weighted by Crippen LogP contribution is -2.63. The lowest BCUT2D eigenvalue weighted by molar-refractivity contribution is -0.152. The van der Waals surface area contributed by atoms with Gasteiger partial charge in [0.1, 0.15) is 60.4 Å². The molecule has 4 fully saturated rings. The lowest BCUT2D eigenvalue weighted by atomic mass is 9.95. The van der Waals surface area contributed by atoms with E-state index in [1.807, 2.05) is 97.3 Å². The number of fused-ring (bicyclic) bond motifs is 6. The molecular formula is C71H76F2N10O6Si. The van der Waals surface area contributed by atoms with Crippen molar-refractivity contribution in [2.24, 2.45) is 0 Å². The van der Waals surface area contributed by atoms with Crippen molar-refractivity contribution in [1.29, 1.82) is 0 Å². The van der Waals surface area contributed by atoms with Crippen molar-refractivity contribution in [1.82, 2.24) is 39.7 Å². The zero-order valence-corrected chi connectivity index (χ0v) is 53.8. The topological polar surface area (TPSA) is 177 Å². The average Bonchev–Trinajstić information content (AvgIpc) is 1.40. The number of nitrogens with zero attached hydrogens (tertiary/aromatic N) is 10. The van der Waals surface area contributed by atoms with E-state index in [2.05, 4.69) is 125 Å². The Balaban J connectivity index is 0.000000180. The quantitative estimate of drug-likeness (QED) is 0.0393. The van der Waals surface area contributed by atoms with Crippen LogP contribution >= 0.6 is 0 Å². The number of pyridine rings is 2. The van der Waals surface area contributed by atoms with Crippen LogP contribution in [0, 0.1) is 23.1 Å². The molecule has 4 aromatic carbocycles. The Labute approximate surface area is 525 Å². The minimum atomic E-state index is -1.99. The summed E-state index contributed by atoms with van der Waals surface area (Å²) in [5.74, 6) is 2.44. The third-order valence-electron chi connectivity index (χ3n) is 18.0. The molecular weight excluding hydrogens is 1150 g/mol. The molecule has 2 amide bonds. The Morgan fingerprint density at radius 1 is 0.633 bits per heavy atom. The maximum Gasteiger partial charge on any atom is 0.410 e. The Bertz CT molecular complexity index is 4180. The number of esters is 2. The van der Waals surface area contributed by atoms with Crippen LogP contribution in [0.25, 0.3) is 65.9 Å². The van der Waals surface area contributed by atoms with Crippen LogP contribution in [0.3, 0.4) is 0 Å². The molecule has 8 heterocycles. The number of carbonyl (C=O) groups excluding carboxylic acids is 4. The van der Waals surface area contributed by atoms with Gasteiger partial charge in [-0.3, -0.25) is 14.8 Å². The summed E-state index contributed by atoms with van der Waals surface area (Å²) in [6.45, 7) is 33.9. The number of likely N-dealkylation sites (tertiary alicyclic amines) is 2. The van der Waals surface area contributed by atoms with Crippen molar-refractivity contribution < 1.29 is 37.4 Å². The van der Waals surface area contributed by atoms with E-state index in [0.29, 0.717) is 76.5 Å². The fourth-order valence-corrected chi connectivity index (χ4v) is 19.0. The second kappa shape index (κ2) is 26.0. The molecule has 4 saturated heterocycles. The second-order valence-electron chi connectivity index (χ2n) is 25.0. The van der Waals surface area contributed by atoms with Crippen LogP contribution in [-0.2, 0) is 30.3 Å². The average molecular weight is 1230 g/mol. The van der Waals surface area contributed by atoms with E-state index < -0.39 is 37.2 Å². The summed E-state index contributed by atoms with van der Waals surface area (Å²) in [5.41, 5.74) is 9.38. The van der Waals surface area contributed by atoms with Crippen LogP contribution in [0.5, 0.6) is 0 Å². The maximum atomic E-state index is 16.6. The largest absolute Gasteiger partial charge is 0.444 e. The Morgan fingerprint density at radius 2 is 1.10 bits per heavy atom. The Kier molecular flexibility index (Phi) is 18.4. The summed E-state index contributed by atoms with van der Waals surface area (Å²) in [4.78, 5) is 80.3. The summed E-state index contributed by atoms with van der Waals surface area (Å²) < 4.78 is 42.2. The van der Waals surface area contributed by atoms with Gasteiger partial charge in [0.2, 0.25) is 5.91 Å². The molecule has 19 heteroatoms. The summed E-state index contributed by atoms with van der Waals surface area (Å²) in [5, 5.41) is 5.13. The molecule has 0 unspecified atom stereocenters. The van der Waals surface area contributed by atoms with Crippen molar-refractivity contribution in [3.8, 4) is 34.0 Å². The first-order valence-corrected chi connectivity index (χ1v) is 32.9. The number of rotatable bonds is 11. The van der Waals surface area contributed by atoms with Crippen LogP contribution in [0.1, 0.15) is 93.2 Å². The number of aryl methyl sites for hydroxylation is 1. The third kappa shape index (κ3) is 11.9. The van der Waals surface area contributed by atoms with E-state index in [1.54, 1.807) is 12.4 Å². The monoisotopic (exact) mass is 1230 g/mol. The molecule has 16 nitrogen and oxygen atoms in total. The Hall–Kier alpha value is -9.28. The third-order valence-corrected chi connectivity index (χ3v) is 24.3. The zero-order valence-electron chi connectivity index (χ0n) is 52.8. The molecule has 0 radical (unpaired) electrons. The van der Waals surface area contributed by atoms with Crippen molar-refractivity contribution >= 4 is 87.0 Å². The standard InChI is InChI=1S/C38H46FN5O2Si.C27H24FN5O.C6H6O3/c1-23(2)47(24(3)4,25(5)6)19-17-27-13-10-12-26-14-11-15-28(32(26)27)34-33(39)35-29(20-40-34)36(42-22-41-35)44-21-31-30(44)16-18-43(31)37(45)46-38(7,8)9;1-3-16-7-5-8-17-9-6-10-18(23(16)17)25-24(28)26-19(13-29-25)27(31-15-30-26)33-14-21-20(33)11-12-32(21)22(34)4-2;1-3-5(7)9-6(8)4-2/h10-15,20,22-25,30-31H,16,18,21H2,1-9H3;4-10,13,15,20-21H,2-3,11-12,14H2,1H3;3-4H,1-2H2/t30-,31-;20-,21-;/m11./s1. The normalized spacial score (nSPS) is 17.5. The minimum Gasteiger partial charge on any atom is -0.444 e. The van der Waals surface area contributed by atoms with E-state index >= 15 is 8.78 Å². The zero-order chi connectivity index (χ0) is 64.5. The Morgan fingerprint density at radius 3 is 1.58 bits per heavy atom. The first-order valence-electron chi connectivity index (χ1n) is 30.7. The first kappa shape index (κ1) is 63.7. The molecule has 4 aliphatic heterocycles. The van der Waals surface area contributed by atoms with Gasteiger partial charge in [0.25, 0.3) is 0 Å². The van der Waals surface area contributed by atoms with E-state index in [1.165, 1.54) is 18.7 Å². The van der Waals surface area contributed by atoms with Crippen LogP contribution in [0.4, 0.5) is 25.2 Å². The second-order valence-corrected chi connectivity index (χ2v) is 30.6. The molecule has 0 bridgehead atoms. The molecule has 0 spiro atoms. The number of hydrogen-bond acceptors (Lipinski definition) is 14. The van der Waals surface area contributed by atoms with Crippen LogP contribution < -0.4 is 9.80 Å². The van der Waals surface area contributed by atoms with Crippen LogP contribution in [0.2, 0.25) is 16.6 Å². The highest BCUT2D eigenvalue weighted by atomic mass is 28.3. The molecule has 4 aromatic heterocycles. The summed E-state index contributed by atoms with van der Waals surface area (Å²) in [7, 11) is -1.99.